The van der Waals surface area contributed by atoms with Crippen molar-refractivity contribution in [2.45, 2.75) is 38.1 Å². The van der Waals surface area contributed by atoms with Crippen LogP contribution < -0.4 is 9.47 Å². The zero-order valence-corrected chi connectivity index (χ0v) is 18.1. The van der Waals surface area contributed by atoms with E-state index in [9.17, 15) is 8.42 Å². The van der Waals surface area contributed by atoms with E-state index in [4.69, 9.17) is 9.47 Å². The largest absolute Gasteiger partial charge is 0.497 e. The number of hydrogen-bond acceptors (Lipinski definition) is 4. The Morgan fingerprint density at radius 2 is 1.38 bits per heavy atom. The van der Waals surface area contributed by atoms with Gasteiger partial charge >= 0.3 is 0 Å². The number of benzene rings is 2. The highest BCUT2D eigenvalue weighted by Gasteiger charge is 2.31. The van der Waals surface area contributed by atoms with Gasteiger partial charge in [-0.25, -0.2) is 8.42 Å². The highest BCUT2D eigenvalue weighted by molar-refractivity contribution is 7.89. The highest BCUT2D eigenvalue weighted by Crippen LogP contribution is 2.28. The van der Waals surface area contributed by atoms with Crippen LogP contribution in [0.2, 0.25) is 0 Å². The summed E-state index contributed by atoms with van der Waals surface area (Å²) in [5.41, 5.74) is 1.86. The minimum Gasteiger partial charge on any atom is -0.497 e. The summed E-state index contributed by atoms with van der Waals surface area (Å²) in [5.74, 6) is 1.87. The van der Waals surface area contributed by atoms with Crippen molar-refractivity contribution in [2.75, 3.05) is 14.2 Å². The van der Waals surface area contributed by atoms with Crippen LogP contribution in [0.3, 0.4) is 0 Å². The van der Waals surface area contributed by atoms with Crippen LogP contribution >= 0.6 is 0 Å². The fraction of sp³-hybridized carbons (Fsp3) is 0.391. The van der Waals surface area contributed by atoms with E-state index >= 15 is 0 Å². The predicted octanol–water partition coefficient (Wildman–Crippen LogP) is 4.39. The molecule has 3 rings (SSSR count). The maximum atomic E-state index is 13.4. The predicted molar refractivity (Wildman–Crippen MR) is 115 cm³/mol. The molecular weight excluding hydrogens is 386 g/mol. The van der Waals surface area contributed by atoms with Crippen LogP contribution in [0.5, 0.6) is 11.5 Å². The molecule has 0 aromatic heterocycles. The monoisotopic (exact) mass is 415 g/mol. The molecule has 0 saturated carbocycles. The number of allylic oxidation sites excluding steroid dienone is 2. The lowest BCUT2D eigenvalue weighted by molar-refractivity contribution is 0.386. The van der Waals surface area contributed by atoms with Gasteiger partial charge in [0.2, 0.25) is 10.0 Å². The first-order valence-corrected chi connectivity index (χ1v) is 11.3. The fourth-order valence-corrected chi connectivity index (χ4v) is 5.07. The van der Waals surface area contributed by atoms with Gasteiger partial charge in [0.05, 0.1) is 19.5 Å². The first-order chi connectivity index (χ1) is 13.9. The van der Waals surface area contributed by atoms with Gasteiger partial charge in [-0.3, -0.25) is 0 Å². The lowest BCUT2D eigenvalue weighted by atomic mass is 9.91. The number of ether oxygens (including phenoxy) is 2. The van der Waals surface area contributed by atoms with Gasteiger partial charge in [0.1, 0.15) is 11.5 Å². The lowest BCUT2D eigenvalue weighted by Crippen LogP contribution is -2.37. The van der Waals surface area contributed by atoms with E-state index in [0.29, 0.717) is 25.4 Å². The summed E-state index contributed by atoms with van der Waals surface area (Å²) in [6, 6.07) is 15.1. The second kappa shape index (κ2) is 9.46. The molecule has 1 aliphatic carbocycles. The summed E-state index contributed by atoms with van der Waals surface area (Å²) < 4.78 is 38.8. The number of rotatable bonds is 10. The smallest absolute Gasteiger partial charge is 0.217 e. The van der Waals surface area contributed by atoms with E-state index in [2.05, 4.69) is 12.2 Å². The van der Waals surface area contributed by atoms with Crippen molar-refractivity contribution >= 4 is 10.0 Å². The third kappa shape index (κ3) is 5.40. The third-order valence-electron chi connectivity index (χ3n) is 5.39. The Labute approximate surface area is 174 Å². The van der Waals surface area contributed by atoms with Crippen LogP contribution in [0.1, 0.15) is 30.9 Å². The van der Waals surface area contributed by atoms with Crippen molar-refractivity contribution < 1.29 is 17.9 Å². The first kappa shape index (κ1) is 21.4. The Bertz CT molecular complexity index is 871. The van der Waals surface area contributed by atoms with Crippen molar-refractivity contribution in [2.24, 2.45) is 5.92 Å². The number of methoxy groups -OCH3 is 2. The SMILES string of the molecule is COc1ccc(CN(Cc2ccc(OC)cc2)S(=O)(=O)[C@H](C)C[C@H]2C=CC2)cc1. The zero-order valence-electron chi connectivity index (χ0n) is 17.2. The normalized spacial score (nSPS) is 17.0. The average Bonchev–Trinajstić information content (AvgIpc) is 2.71. The Morgan fingerprint density at radius 1 is 0.931 bits per heavy atom. The van der Waals surface area contributed by atoms with Crippen LogP contribution in [-0.2, 0) is 23.1 Å². The second-order valence-electron chi connectivity index (χ2n) is 7.48. The summed E-state index contributed by atoms with van der Waals surface area (Å²) >= 11 is 0. The van der Waals surface area contributed by atoms with Crippen molar-refractivity contribution in [3.63, 3.8) is 0 Å². The quantitative estimate of drug-likeness (QED) is 0.540. The summed E-state index contributed by atoms with van der Waals surface area (Å²) in [6.45, 7) is 2.46. The minimum absolute atomic E-state index is 0.323. The van der Waals surface area contributed by atoms with Crippen molar-refractivity contribution in [3.8, 4) is 11.5 Å². The molecule has 0 heterocycles. The molecule has 0 fully saturated rings. The average molecular weight is 416 g/mol. The molecule has 156 valence electrons. The summed E-state index contributed by atoms with van der Waals surface area (Å²) in [5, 5.41) is -0.436. The molecule has 0 saturated heterocycles. The zero-order chi connectivity index (χ0) is 20.9. The molecule has 0 bridgehead atoms. The maximum absolute atomic E-state index is 13.4. The van der Waals surface area contributed by atoms with Gasteiger partial charge < -0.3 is 9.47 Å². The van der Waals surface area contributed by atoms with Gasteiger partial charge in [0, 0.05) is 13.1 Å². The first-order valence-electron chi connectivity index (χ1n) is 9.84. The van der Waals surface area contributed by atoms with E-state index < -0.39 is 15.3 Å². The molecule has 0 N–H and O–H groups in total. The molecule has 1 aliphatic rings. The Morgan fingerprint density at radius 3 is 1.72 bits per heavy atom. The topological polar surface area (TPSA) is 55.8 Å². The molecule has 2 aromatic carbocycles. The number of sulfonamides is 1. The molecule has 0 amide bonds. The highest BCUT2D eigenvalue weighted by atomic mass is 32.2. The maximum Gasteiger partial charge on any atom is 0.217 e. The van der Waals surface area contributed by atoms with E-state index in [1.54, 1.807) is 18.5 Å². The molecule has 5 nitrogen and oxygen atoms in total. The Hall–Kier alpha value is -2.31. The third-order valence-corrected chi connectivity index (χ3v) is 7.57. The molecule has 0 unspecified atom stereocenters. The molecule has 0 spiro atoms. The van der Waals surface area contributed by atoms with Crippen LogP contribution in [-0.4, -0.2) is 32.2 Å². The van der Waals surface area contributed by atoms with Crippen molar-refractivity contribution in [3.05, 3.63) is 71.8 Å². The van der Waals surface area contributed by atoms with E-state index in [1.165, 1.54) is 0 Å². The van der Waals surface area contributed by atoms with E-state index in [0.717, 1.165) is 29.0 Å². The van der Waals surface area contributed by atoms with E-state index in [1.807, 2.05) is 55.5 Å². The van der Waals surface area contributed by atoms with Crippen LogP contribution in [0, 0.1) is 5.92 Å². The van der Waals surface area contributed by atoms with Crippen molar-refractivity contribution in [1.29, 1.82) is 0 Å². The van der Waals surface area contributed by atoms with Gasteiger partial charge in [0.25, 0.3) is 0 Å². The van der Waals surface area contributed by atoms with Gasteiger partial charge in [-0.2, -0.15) is 4.31 Å². The Kier molecular flexibility index (Phi) is 6.98. The molecule has 2 atom stereocenters. The molecule has 6 heteroatoms. The number of hydrogen-bond donors (Lipinski definition) is 0. The minimum atomic E-state index is -3.46. The number of nitrogens with zero attached hydrogens (tertiary/aromatic N) is 1. The van der Waals surface area contributed by atoms with Crippen LogP contribution in [0.4, 0.5) is 0 Å². The second-order valence-corrected chi connectivity index (χ2v) is 9.83. The van der Waals surface area contributed by atoms with Gasteiger partial charge in [-0.15, -0.1) is 0 Å². The molecule has 0 aliphatic heterocycles. The molecule has 0 radical (unpaired) electrons. The van der Waals surface area contributed by atoms with E-state index in [-0.39, 0.29) is 0 Å². The van der Waals surface area contributed by atoms with Gasteiger partial charge in [-0.05, 0) is 61.1 Å². The Balaban J connectivity index is 1.82. The molecule has 29 heavy (non-hydrogen) atoms. The fourth-order valence-electron chi connectivity index (χ4n) is 3.41. The van der Waals surface area contributed by atoms with Crippen LogP contribution in [0.15, 0.2) is 60.7 Å². The van der Waals surface area contributed by atoms with Crippen molar-refractivity contribution in [1.82, 2.24) is 4.31 Å². The summed E-state index contributed by atoms with van der Waals surface area (Å²) in [4.78, 5) is 0. The summed E-state index contributed by atoms with van der Waals surface area (Å²) in [6.07, 6.45) is 5.82. The van der Waals surface area contributed by atoms with Gasteiger partial charge in [0.15, 0.2) is 0 Å². The molecule has 2 aromatic rings. The van der Waals surface area contributed by atoms with Gasteiger partial charge in [-0.1, -0.05) is 36.4 Å². The lowest BCUT2D eigenvalue weighted by Gasteiger charge is -2.29. The standard InChI is InChI=1S/C23H29NO4S/c1-18(15-19-5-4-6-19)29(25,26)24(16-20-7-11-22(27-2)12-8-20)17-21-9-13-23(28-3)14-10-21/h4-5,7-14,18-19H,6,15-17H2,1-3H3/t18-,19+/m1/s1. The molecular formula is C23H29NO4S. The summed E-state index contributed by atoms with van der Waals surface area (Å²) in [7, 11) is -0.229. The van der Waals surface area contributed by atoms with Crippen LogP contribution in [0.25, 0.3) is 0 Å².